The van der Waals surface area contributed by atoms with Crippen molar-refractivity contribution >= 4 is 7.81 Å². The van der Waals surface area contributed by atoms with Gasteiger partial charge in [-0.3, -0.25) is 0 Å². The molecular formula is C15H21F15N3P. The Morgan fingerprint density at radius 2 is 1.24 bits per heavy atom. The SMILES string of the molecule is CCCCCCCn1c[n+](CCC(F)(F)C(F)(F)C(F)(F)C(F)(F)F)cn1.F[P-](F)(F)(F)(F)F. The summed E-state index contributed by atoms with van der Waals surface area (Å²) in [6.07, 6.45) is -1.71. The van der Waals surface area contributed by atoms with Gasteiger partial charge in [-0.25, -0.2) is 4.57 Å². The van der Waals surface area contributed by atoms with Gasteiger partial charge >= 0.3 is 56.9 Å². The van der Waals surface area contributed by atoms with E-state index in [1.54, 1.807) is 0 Å². The fourth-order valence-corrected chi connectivity index (χ4v) is 2.31. The van der Waals surface area contributed by atoms with Crippen LogP contribution in [0.3, 0.4) is 0 Å². The van der Waals surface area contributed by atoms with Crippen LogP contribution in [0.2, 0.25) is 0 Å². The predicted molar refractivity (Wildman–Crippen MR) is 90.3 cm³/mol. The first-order valence-corrected chi connectivity index (χ1v) is 11.4. The fourth-order valence-electron chi connectivity index (χ4n) is 2.31. The number of halogens is 15. The normalized spacial score (nSPS) is 15.9. The van der Waals surface area contributed by atoms with Crippen molar-refractivity contribution in [2.75, 3.05) is 0 Å². The van der Waals surface area contributed by atoms with Crippen LogP contribution in [0, 0.1) is 0 Å². The van der Waals surface area contributed by atoms with Gasteiger partial charge in [-0.1, -0.05) is 32.6 Å². The summed E-state index contributed by atoms with van der Waals surface area (Å²) in [5.41, 5.74) is 0. The van der Waals surface area contributed by atoms with E-state index in [4.69, 9.17) is 0 Å². The minimum absolute atomic E-state index is 0.440. The molecule has 1 aromatic heterocycles. The molecule has 19 heteroatoms. The monoisotopic (exact) mass is 559 g/mol. The minimum atomic E-state index is -10.7. The molecule has 0 saturated carbocycles. The van der Waals surface area contributed by atoms with E-state index in [1.165, 1.54) is 11.0 Å². The van der Waals surface area contributed by atoms with E-state index in [1.807, 2.05) is 6.92 Å². The van der Waals surface area contributed by atoms with Crippen LogP contribution in [0.1, 0.15) is 45.4 Å². The third-order valence-corrected chi connectivity index (χ3v) is 4.01. The zero-order valence-electron chi connectivity index (χ0n) is 17.3. The van der Waals surface area contributed by atoms with E-state index >= 15 is 0 Å². The fraction of sp³-hybridized carbons (Fsp3) is 0.867. The summed E-state index contributed by atoms with van der Waals surface area (Å²) in [6, 6.07) is 0. The Labute approximate surface area is 183 Å². The van der Waals surface area contributed by atoms with Crippen LogP contribution in [-0.4, -0.2) is 33.7 Å². The molecule has 0 atom stereocenters. The van der Waals surface area contributed by atoms with Crippen molar-refractivity contribution in [2.45, 2.75) is 82.5 Å². The van der Waals surface area contributed by atoms with Gasteiger partial charge in [0.1, 0.15) is 6.54 Å². The van der Waals surface area contributed by atoms with Crippen LogP contribution in [0.25, 0.3) is 0 Å². The number of aryl methyl sites for hydroxylation is 2. The molecule has 0 aliphatic heterocycles. The number of hydrogen-bond donors (Lipinski definition) is 0. The third-order valence-electron chi connectivity index (χ3n) is 4.01. The molecule has 0 radical (unpaired) electrons. The molecule has 1 rings (SSSR count). The van der Waals surface area contributed by atoms with Gasteiger partial charge < -0.3 is 0 Å². The third kappa shape index (κ3) is 11.8. The number of nitrogens with zero attached hydrogens (tertiary/aromatic N) is 3. The van der Waals surface area contributed by atoms with Crippen molar-refractivity contribution in [3.05, 3.63) is 12.7 Å². The Balaban J connectivity index is 0.00000135. The Kier molecular flexibility index (Phi) is 9.45. The summed E-state index contributed by atoms with van der Waals surface area (Å²) in [5, 5.41) is 3.80. The van der Waals surface area contributed by atoms with E-state index in [2.05, 4.69) is 5.10 Å². The first-order valence-electron chi connectivity index (χ1n) is 9.39. The maximum absolute atomic E-state index is 13.5. The topological polar surface area (TPSA) is 21.7 Å². The van der Waals surface area contributed by atoms with E-state index in [0.717, 1.165) is 43.0 Å². The van der Waals surface area contributed by atoms with Crippen molar-refractivity contribution in [3.63, 3.8) is 0 Å². The molecule has 0 aliphatic rings. The predicted octanol–water partition coefficient (Wildman–Crippen LogP) is 8.38. The number of aromatic nitrogens is 3. The Morgan fingerprint density at radius 3 is 1.68 bits per heavy atom. The van der Waals surface area contributed by atoms with E-state index in [0.29, 0.717) is 6.54 Å². The van der Waals surface area contributed by atoms with Crippen LogP contribution in [0.4, 0.5) is 64.7 Å². The zero-order valence-corrected chi connectivity index (χ0v) is 18.2. The molecule has 3 nitrogen and oxygen atoms in total. The van der Waals surface area contributed by atoms with Gasteiger partial charge in [0.15, 0.2) is 0 Å². The first-order chi connectivity index (χ1) is 14.7. The summed E-state index contributed by atoms with van der Waals surface area (Å²) in [6.45, 7) is 1.59. The van der Waals surface area contributed by atoms with Crippen LogP contribution < -0.4 is 4.57 Å². The molecule has 0 saturated heterocycles. The Hall–Kier alpha value is -1.48. The van der Waals surface area contributed by atoms with Crippen molar-refractivity contribution in [1.82, 2.24) is 9.78 Å². The number of hydrogen-bond acceptors (Lipinski definition) is 1. The first kappa shape index (κ1) is 32.5. The molecule has 1 heterocycles. The maximum atomic E-state index is 13.5. The van der Waals surface area contributed by atoms with E-state index in [-0.39, 0.29) is 0 Å². The molecule has 206 valence electrons. The quantitative estimate of drug-likeness (QED) is 0.116. The number of alkyl halides is 9. The van der Waals surface area contributed by atoms with E-state index in [9.17, 15) is 64.7 Å². The molecular weight excluding hydrogens is 538 g/mol. The molecule has 34 heavy (non-hydrogen) atoms. The van der Waals surface area contributed by atoms with Gasteiger partial charge in [-0.15, -0.1) is 4.68 Å². The second kappa shape index (κ2) is 9.88. The van der Waals surface area contributed by atoms with Crippen LogP contribution in [0.15, 0.2) is 12.7 Å². The summed E-state index contributed by atoms with van der Waals surface area (Å²) < 4.78 is 177. The zero-order chi connectivity index (χ0) is 27.3. The summed E-state index contributed by atoms with van der Waals surface area (Å²) in [4.78, 5) is 0. The molecule has 0 spiro atoms. The standard InChI is InChI=1S/C15H21F9N3.F6P/c1-2-3-4-5-6-8-27-11-26(10-25-27)9-7-12(16,17)13(18,19)14(20,21)15(22,23)24;1-7(2,3,4,5)6/h10-11H,2-9H2,1H3;/q+1;-1. The average molecular weight is 559 g/mol. The average Bonchev–Trinajstić information content (AvgIpc) is 3.04. The van der Waals surface area contributed by atoms with Crippen molar-refractivity contribution in [3.8, 4) is 0 Å². The van der Waals surface area contributed by atoms with E-state index < -0.39 is 44.7 Å². The molecule has 0 bridgehead atoms. The summed E-state index contributed by atoms with van der Waals surface area (Å²) in [5.74, 6) is -19.0. The number of unbranched alkanes of at least 4 members (excludes halogenated alkanes) is 4. The van der Waals surface area contributed by atoms with Gasteiger partial charge in [-0.05, 0) is 6.42 Å². The van der Waals surface area contributed by atoms with Crippen LogP contribution in [0.5, 0.6) is 0 Å². The van der Waals surface area contributed by atoms with Crippen molar-refractivity contribution < 1.29 is 69.3 Å². The van der Waals surface area contributed by atoms with Crippen LogP contribution in [-0.2, 0) is 13.1 Å². The van der Waals surface area contributed by atoms with Gasteiger partial charge in [-0.2, -0.15) is 39.5 Å². The molecule has 0 aromatic carbocycles. The molecule has 0 unspecified atom stereocenters. The molecule has 0 N–H and O–H groups in total. The Bertz CT molecular complexity index is 757. The Morgan fingerprint density at radius 1 is 0.765 bits per heavy atom. The second-order valence-corrected chi connectivity index (χ2v) is 9.14. The summed E-state index contributed by atoms with van der Waals surface area (Å²) in [7, 11) is -10.7. The molecule has 0 aliphatic carbocycles. The second-order valence-electron chi connectivity index (χ2n) is 7.22. The number of rotatable bonds is 11. The molecule has 1 aromatic rings. The van der Waals surface area contributed by atoms with Gasteiger partial charge in [0, 0.05) is 11.5 Å². The van der Waals surface area contributed by atoms with Gasteiger partial charge in [0.25, 0.3) is 6.33 Å². The van der Waals surface area contributed by atoms with Crippen molar-refractivity contribution in [1.29, 1.82) is 0 Å². The van der Waals surface area contributed by atoms with Gasteiger partial charge in [0.05, 0.1) is 6.54 Å². The summed E-state index contributed by atoms with van der Waals surface area (Å²) >= 11 is 0. The van der Waals surface area contributed by atoms with Crippen LogP contribution >= 0.6 is 7.81 Å². The van der Waals surface area contributed by atoms with Gasteiger partial charge in [0.2, 0.25) is 6.33 Å². The van der Waals surface area contributed by atoms with Crippen molar-refractivity contribution in [2.24, 2.45) is 0 Å². The molecule has 0 fully saturated rings. The molecule has 0 amide bonds.